The highest BCUT2D eigenvalue weighted by atomic mass is 32.2. The molecule has 0 aliphatic heterocycles. The molecule has 1 N–H and O–H groups in total. The number of carbonyl (C=O) groups excluding carboxylic acids is 2. The van der Waals surface area contributed by atoms with Crippen molar-refractivity contribution in [2.75, 3.05) is 23.7 Å². The van der Waals surface area contributed by atoms with Crippen molar-refractivity contribution >= 4 is 39.3 Å². The predicted octanol–water partition coefficient (Wildman–Crippen LogP) is 5.47. The average Bonchev–Trinajstić information content (AvgIpc) is 2.94. The number of nitrogens with zero attached hydrogens (tertiary/aromatic N) is 2. The molecule has 0 aromatic heterocycles. The Morgan fingerprint density at radius 2 is 1.62 bits per heavy atom. The van der Waals surface area contributed by atoms with Gasteiger partial charge in [-0.1, -0.05) is 24.3 Å². The van der Waals surface area contributed by atoms with E-state index in [2.05, 4.69) is 5.32 Å². The molecule has 0 spiro atoms. The lowest BCUT2D eigenvalue weighted by atomic mass is 10.1. The molecule has 0 saturated heterocycles. The van der Waals surface area contributed by atoms with Crippen LogP contribution in [-0.2, 0) is 26.2 Å². The molecule has 11 heteroatoms. The normalized spacial score (nSPS) is 12.4. The van der Waals surface area contributed by atoms with Crippen LogP contribution in [0, 0.1) is 5.82 Å². The fourth-order valence-electron chi connectivity index (χ4n) is 4.17. The van der Waals surface area contributed by atoms with Gasteiger partial charge in [-0.05, 0) is 95.0 Å². The van der Waals surface area contributed by atoms with Crippen LogP contribution in [0.2, 0.25) is 0 Å². The number of ether oxygens (including phenoxy) is 1. The zero-order valence-corrected chi connectivity index (χ0v) is 26.4. The summed E-state index contributed by atoms with van der Waals surface area (Å²) in [6, 6.07) is 17.6. The molecule has 42 heavy (non-hydrogen) atoms. The number of hydrogen-bond donors (Lipinski definition) is 1. The first-order valence-electron chi connectivity index (χ1n) is 13.5. The number of hydrogen-bond acceptors (Lipinski definition) is 6. The van der Waals surface area contributed by atoms with Crippen LogP contribution in [-0.4, -0.2) is 56.1 Å². The highest BCUT2D eigenvalue weighted by molar-refractivity contribution is 7.98. The zero-order valence-electron chi connectivity index (χ0n) is 24.8. The Bertz CT molecular complexity index is 1470. The topological polar surface area (TPSA) is 96.0 Å². The second kappa shape index (κ2) is 14.1. The summed E-state index contributed by atoms with van der Waals surface area (Å²) in [4.78, 5) is 29.5. The minimum absolute atomic E-state index is 0.00279. The van der Waals surface area contributed by atoms with Crippen molar-refractivity contribution in [3.63, 3.8) is 0 Å². The molecule has 0 aliphatic carbocycles. The maximum Gasteiger partial charge on any atom is 0.264 e. The van der Waals surface area contributed by atoms with Gasteiger partial charge in [0.1, 0.15) is 24.2 Å². The van der Waals surface area contributed by atoms with Gasteiger partial charge < -0.3 is 15.0 Å². The van der Waals surface area contributed by atoms with E-state index in [-0.39, 0.29) is 23.7 Å². The zero-order chi connectivity index (χ0) is 31.1. The Morgan fingerprint density at radius 1 is 1.00 bits per heavy atom. The molecular weight excluding hydrogens is 577 g/mol. The summed E-state index contributed by atoms with van der Waals surface area (Å²) in [5.74, 6) is -1.17. The van der Waals surface area contributed by atoms with Crippen LogP contribution in [0.25, 0.3) is 0 Å². The number of nitrogens with one attached hydrogen (secondary N) is 1. The largest absolute Gasteiger partial charge is 0.492 e. The number of sulfonamides is 1. The predicted molar refractivity (Wildman–Crippen MR) is 165 cm³/mol. The van der Waals surface area contributed by atoms with Gasteiger partial charge in [-0.25, -0.2) is 12.8 Å². The molecule has 1 atom stereocenters. The van der Waals surface area contributed by atoms with Crippen molar-refractivity contribution in [1.82, 2.24) is 10.2 Å². The van der Waals surface area contributed by atoms with E-state index in [9.17, 15) is 22.4 Å². The first kappa shape index (κ1) is 32.9. The van der Waals surface area contributed by atoms with Gasteiger partial charge in [-0.3, -0.25) is 13.9 Å². The first-order chi connectivity index (χ1) is 19.8. The van der Waals surface area contributed by atoms with E-state index in [0.29, 0.717) is 11.3 Å². The third-order valence-electron chi connectivity index (χ3n) is 6.29. The van der Waals surface area contributed by atoms with Crippen LogP contribution in [0.1, 0.15) is 40.2 Å². The van der Waals surface area contributed by atoms with Gasteiger partial charge in [0.15, 0.2) is 0 Å². The Labute approximate surface area is 252 Å². The molecule has 226 valence electrons. The summed E-state index contributed by atoms with van der Waals surface area (Å²) in [5.41, 5.74) is 0.206. The van der Waals surface area contributed by atoms with Crippen LogP contribution in [0.5, 0.6) is 5.75 Å². The van der Waals surface area contributed by atoms with Crippen molar-refractivity contribution < 1.29 is 27.1 Å². The van der Waals surface area contributed by atoms with Crippen molar-refractivity contribution in [2.45, 2.75) is 62.5 Å². The van der Waals surface area contributed by atoms with Gasteiger partial charge in [-0.2, -0.15) is 0 Å². The number of rotatable bonds is 12. The van der Waals surface area contributed by atoms with Crippen molar-refractivity contribution in [3.05, 3.63) is 84.2 Å². The second-order valence-electron chi connectivity index (χ2n) is 10.7. The summed E-state index contributed by atoms with van der Waals surface area (Å²) in [7, 11) is -4.26. The molecule has 0 saturated carbocycles. The number of benzene rings is 3. The quantitative estimate of drug-likeness (QED) is 0.272. The van der Waals surface area contributed by atoms with Crippen LogP contribution >= 0.6 is 11.8 Å². The van der Waals surface area contributed by atoms with Crippen molar-refractivity contribution in [1.29, 1.82) is 0 Å². The molecule has 0 fully saturated rings. The standard InChI is InChI=1S/C31H38FN3O5S2/c1-7-40-28-11-9-8-10-27(28)35(42(38,39)26-18-16-25(41-6)17-19-26)21-29(36)34(20-23-12-14-24(32)15-13-23)22(2)30(37)33-31(3,4)5/h8-19,22H,7,20-21H2,1-6H3,(H,33,37). The Kier molecular flexibility index (Phi) is 11.0. The lowest BCUT2D eigenvalue weighted by Gasteiger charge is -2.33. The smallest absolute Gasteiger partial charge is 0.264 e. The number of thioether (sulfide) groups is 1. The highest BCUT2D eigenvalue weighted by Gasteiger charge is 2.34. The molecule has 0 bridgehead atoms. The van der Waals surface area contributed by atoms with Crippen molar-refractivity contribution in [2.24, 2.45) is 0 Å². The van der Waals surface area contributed by atoms with Crippen LogP contribution < -0.4 is 14.4 Å². The number of carbonyl (C=O) groups is 2. The van der Waals surface area contributed by atoms with Gasteiger partial charge in [0.2, 0.25) is 11.8 Å². The highest BCUT2D eigenvalue weighted by Crippen LogP contribution is 2.33. The number of amides is 2. The molecule has 3 aromatic rings. The third kappa shape index (κ3) is 8.48. The first-order valence-corrected chi connectivity index (χ1v) is 16.2. The average molecular weight is 616 g/mol. The van der Waals surface area contributed by atoms with E-state index in [1.807, 2.05) is 27.0 Å². The SMILES string of the molecule is CCOc1ccccc1N(CC(=O)N(Cc1ccc(F)cc1)C(C)C(=O)NC(C)(C)C)S(=O)(=O)c1ccc(SC)cc1. The van der Waals surface area contributed by atoms with E-state index in [4.69, 9.17) is 4.74 Å². The minimum Gasteiger partial charge on any atom is -0.492 e. The monoisotopic (exact) mass is 615 g/mol. The van der Waals surface area contributed by atoms with Gasteiger partial charge in [0.05, 0.1) is 17.2 Å². The fraction of sp³-hybridized carbons (Fsp3) is 0.355. The summed E-state index contributed by atoms with van der Waals surface area (Å²) < 4.78 is 48.6. The van der Waals surface area contributed by atoms with Crippen LogP contribution in [0.4, 0.5) is 10.1 Å². The molecular formula is C31H38FN3O5S2. The van der Waals surface area contributed by atoms with Gasteiger partial charge >= 0.3 is 0 Å². The van der Waals surface area contributed by atoms with Crippen LogP contribution in [0.15, 0.2) is 82.6 Å². The molecule has 0 heterocycles. The lowest BCUT2D eigenvalue weighted by molar-refractivity contribution is -0.140. The maximum atomic E-state index is 14.1. The molecule has 1 unspecified atom stereocenters. The molecule has 2 amide bonds. The van der Waals surface area contributed by atoms with Crippen LogP contribution in [0.3, 0.4) is 0 Å². The van der Waals surface area contributed by atoms with E-state index < -0.39 is 45.8 Å². The summed E-state index contributed by atoms with van der Waals surface area (Å²) >= 11 is 1.48. The molecule has 3 rings (SSSR count). The van der Waals surface area contributed by atoms with E-state index in [1.54, 1.807) is 50.2 Å². The summed E-state index contributed by atoms with van der Waals surface area (Å²) in [6.07, 6.45) is 1.89. The molecule has 8 nitrogen and oxygen atoms in total. The van der Waals surface area contributed by atoms with Gasteiger partial charge in [0, 0.05) is 17.0 Å². The van der Waals surface area contributed by atoms with Gasteiger partial charge in [-0.15, -0.1) is 11.8 Å². The Balaban J connectivity index is 2.09. The maximum absolute atomic E-state index is 14.1. The summed E-state index contributed by atoms with van der Waals surface area (Å²) in [6.45, 7) is 8.47. The van der Waals surface area contributed by atoms with E-state index >= 15 is 0 Å². The van der Waals surface area contributed by atoms with E-state index in [0.717, 1.165) is 9.20 Å². The summed E-state index contributed by atoms with van der Waals surface area (Å²) in [5, 5.41) is 2.88. The second-order valence-corrected chi connectivity index (χ2v) is 13.4. The minimum atomic E-state index is -4.26. The Morgan fingerprint density at radius 3 is 2.19 bits per heavy atom. The lowest BCUT2D eigenvalue weighted by Crippen LogP contribution is -2.54. The van der Waals surface area contributed by atoms with Gasteiger partial charge in [0.25, 0.3) is 10.0 Å². The molecule has 0 radical (unpaired) electrons. The number of halogens is 1. The number of para-hydroxylation sites is 2. The van der Waals surface area contributed by atoms with E-state index in [1.165, 1.54) is 53.1 Å². The molecule has 0 aliphatic rings. The fourth-order valence-corrected chi connectivity index (χ4v) is 6.01. The third-order valence-corrected chi connectivity index (χ3v) is 8.81. The molecule has 3 aromatic carbocycles. The number of anilines is 1. The Hall–Kier alpha value is -3.57. The van der Waals surface area contributed by atoms with Crippen molar-refractivity contribution in [3.8, 4) is 5.75 Å².